The summed E-state index contributed by atoms with van der Waals surface area (Å²) in [4.78, 5) is 6.52. The van der Waals surface area contributed by atoms with E-state index >= 15 is 0 Å². The van der Waals surface area contributed by atoms with Crippen molar-refractivity contribution in [1.82, 2.24) is 0 Å². The van der Waals surface area contributed by atoms with Crippen LogP contribution in [0.15, 0.2) is 11.1 Å². The Labute approximate surface area is 74.2 Å². The maximum absolute atomic E-state index is 5.89. The first-order valence-electron chi connectivity index (χ1n) is 3.31. The van der Waals surface area contributed by atoms with Crippen LogP contribution in [0, 0.1) is 6.92 Å². The Morgan fingerprint density at radius 3 is 3.27 bits per heavy atom. The predicted octanol–water partition coefficient (Wildman–Crippen LogP) is 2.41. The summed E-state index contributed by atoms with van der Waals surface area (Å²) in [6.45, 7) is 2.63. The van der Waals surface area contributed by atoms with Gasteiger partial charge >= 0.3 is 0 Å². The van der Waals surface area contributed by atoms with Crippen LogP contribution in [0.5, 0.6) is 0 Å². The summed E-state index contributed by atoms with van der Waals surface area (Å²) in [6.07, 6.45) is 1.88. The average Bonchev–Trinajstić information content (AvgIpc) is 2.31. The number of halogens is 1. The molecule has 4 heteroatoms. The predicted molar refractivity (Wildman–Crippen MR) is 49.8 cm³/mol. The topological polar surface area (TPSA) is 15.6 Å². The van der Waals surface area contributed by atoms with Crippen molar-refractivity contribution < 1.29 is 0 Å². The number of hydrogen-bond donors (Lipinski definition) is 0. The van der Waals surface area contributed by atoms with Crippen LogP contribution in [-0.4, -0.2) is 12.9 Å². The molecule has 0 amide bonds. The van der Waals surface area contributed by atoms with Crippen LogP contribution in [-0.2, 0) is 0 Å². The summed E-state index contributed by atoms with van der Waals surface area (Å²) >= 11 is 7.61. The second kappa shape index (κ2) is 2.50. The highest BCUT2D eigenvalue weighted by molar-refractivity contribution is 7.14. The molecular weight excluding hydrogens is 180 g/mol. The molecule has 0 N–H and O–H groups in total. The molecule has 0 fully saturated rings. The molecule has 0 saturated heterocycles. The fourth-order valence-electron chi connectivity index (χ4n) is 1.07. The maximum atomic E-state index is 5.89. The number of nitrogens with zero attached hydrogens (tertiary/aromatic N) is 2. The maximum Gasteiger partial charge on any atom is 0.125 e. The van der Waals surface area contributed by atoms with Crippen molar-refractivity contribution in [3.63, 3.8) is 0 Å². The van der Waals surface area contributed by atoms with E-state index in [9.17, 15) is 0 Å². The van der Waals surface area contributed by atoms with Gasteiger partial charge in [-0.25, -0.2) is 0 Å². The molecule has 0 bridgehead atoms. The highest BCUT2D eigenvalue weighted by atomic mass is 35.5. The zero-order valence-electron chi connectivity index (χ0n) is 6.04. The summed E-state index contributed by atoms with van der Waals surface area (Å²) in [5.74, 6) is 0. The van der Waals surface area contributed by atoms with E-state index in [-0.39, 0.29) is 0 Å². The lowest BCUT2D eigenvalue weighted by Crippen LogP contribution is -2.14. The van der Waals surface area contributed by atoms with E-state index in [1.807, 2.05) is 6.21 Å². The third kappa shape index (κ3) is 1.14. The quantitative estimate of drug-likeness (QED) is 0.569. The second-order valence-electron chi connectivity index (χ2n) is 2.42. The number of thiophene rings is 1. The van der Waals surface area contributed by atoms with E-state index in [0.717, 1.165) is 10.6 Å². The highest BCUT2D eigenvalue weighted by Crippen LogP contribution is 2.31. The molecule has 0 aliphatic carbocycles. The Balaban J connectivity index is 2.53. The van der Waals surface area contributed by atoms with Crippen LogP contribution < -0.4 is 4.42 Å². The molecular formula is C7H7ClN2S. The number of aryl methyl sites for hydroxylation is 1. The van der Waals surface area contributed by atoms with Crippen molar-refractivity contribution in [2.24, 2.45) is 4.99 Å². The smallest absolute Gasteiger partial charge is 0.125 e. The summed E-state index contributed by atoms with van der Waals surface area (Å²) < 4.78 is 1.64. The zero-order chi connectivity index (χ0) is 7.84. The molecule has 0 atom stereocenters. The molecule has 11 heavy (non-hydrogen) atoms. The Kier molecular flexibility index (Phi) is 1.62. The minimum atomic E-state index is 0.560. The minimum absolute atomic E-state index is 0.560. The van der Waals surface area contributed by atoms with E-state index in [0.29, 0.717) is 6.67 Å². The largest absolute Gasteiger partial charge is 0.269 e. The average molecular weight is 187 g/mol. The summed E-state index contributed by atoms with van der Waals surface area (Å²) in [5, 5.41) is 0. The lowest BCUT2D eigenvalue weighted by atomic mass is 10.3. The lowest BCUT2D eigenvalue weighted by molar-refractivity contribution is 1.04. The van der Waals surface area contributed by atoms with Crippen molar-refractivity contribution in [3.05, 3.63) is 15.8 Å². The van der Waals surface area contributed by atoms with Crippen LogP contribution in [0.2, 0.25) is 0 Å². The van der Waals surface area contributed by atoms with Crippen LogP contribution in [0.1, 0.15) is 9.75 Å². The first-order valence-corrected chi connectivity index (χ1v) is 4.46. The Hall–Kier alpha value is -0.540. The summed E-state index contributed by atoms with van der Waals surface area (Å²) in [6, 6.07) is 2.08. The molecule has 58 valence electrons. The van der Waals surface area contributed by atoms with Crippen molar-refractivity contribution in [3.8, 4) is 0 Å². The van der Waals surface area contributed by atoms with Crippen molar-refractivity contribution in [1.29, 1.82) is 0 Å². The monoisotopic (exact) mass is 186 g/mol. The highest BCUT2D eigenvalue weighted by Gasteiger charge is 2.13. The van der Waals surface area contributed by atoms with Crippen molar-refractivity contribution >= 4 is 35.0 Å². The van der Waals surface area contributed by atoms with Crippen LogP contribution >= 0.6 is 23.1 Å². The number of fused-ring (bicyclic) bond motifs is 1. The number of anilines is 1. The summed E-state index contributed by atoms with van der Waals surface area (Å²) in [5.41, 5.74) is 1.09. The fourth-order valence-corrected chi connectivity index (χ4v) is 2.24. The van der Waals surface area contributed by atoms with Crippen LogP contribution in [0.4, 0.5) is 5.69 Å². The first-order chi connectivity index (χ1) is 5.27. The third-order valence-corrected chi connectivity index (χ3v) is 2.80. The molecule has 2 rings (SSSR count). The molecule has 2 heterocycles. The summed E-state index contributed by atoms with van der Waals surface area (Å²) in [7, 11) is 0. The van der Waals surface area contributed by atoms with E-state index in [1.54, 1.807) is 15.8 Å². The zero-order valence-corrected chi connectivity index (χ0v) is 7.61. The van der Waals surface area contributed by atoms with Gasteiger partial charge in [0, 0.05) is 22.9 Å². The molecule has 0 spiro atoms. The van der Waals surface area contributed by atoms with E-state index in [1.165, 1.54) is 4.88 Å². The second-order valence-corrected chi connectivity index (χ2v) is 4.12. The van der Waals surface area contributed by atoms with Gasteiger partial charge in [-0.2, -0.15) is 0 Å². The number of hydrogen-bond acceptors (Lipinski definition) is 3. The normalized spacial score (nSPS) is 15.3. The van der Waals surface area contributed by atoms with E-state index in [2.05, 4.69) is 18.0 Å². The van der Waals surface area contributed by atoms with E-state index < -0.39 is 0 Å². The molecule has 1 aliphatic rings. The van der Waals surface area contributed by atoms with Crippen LogP contribution in [0.3, 0.4) is 0 Å². The molecule has 0 aromatic carbocycles. The lowest BCUT2D eigenvalue weighted by Gasteiger charge is -2.15. The molecule has 0 radical (unpaired) electrons. The SMILES string of the molecule is Cc1cc2c(s1)C=NCN2Cl. The minimum Gasteiger partial charge on any atom is -0.269 e. The number of rotatable bonds is 0. The van der Waals surface area contributed by atoms with E-state index in [4.69, 9.17) is 11.8 Å². The van der Waals surface area contributed by atoms with Gasteiger partial charge in [0.05, 0.1) is 10.6 Å². The first kappa shape index (κ1) is 7.13. The molecule has 1 aromatic rings. The van der Waals surface area contributed by atoms with Gasteiger partial charge in [0.25, 0.3) is 0 Å². The van der Waals surface area contributed by atoms with Gasteiger partial charge in [-0.3, -0.25) is 9.41 Å². The van der Waals surface area contributed by atoms with Gasteiger partial charge in [-0.05, 0) is 13.0 Å². The fraction of sp³-hybridized carbons (Fsp3) is 0.286. The van der Waals surface area contributed by atoms with Gasteiger partial charge in [-0.15, -0.1) is 11.3 Å². The Morgan fingerprint density at radius 1 is 1.73 bits per heavy atom. The van der Waals surface area contributed by atoms with Gasteiger partial charge in [0.2, 0.25) is 0 Å². The van der Waals surface area contributed by atoms with Gasteiger partial charge < -0.3 is 0 Å². The molecule has 1 aromatic heterocycles. The Bertz CT molecular complexity index is 305. The standard InChI is InChI=1S/C7H7ClN2S/c1-5-2-6-7(11-5)3-9-4-10(6)8/h2-3H,4H2,1H3. The molecule has 0 unspecified atom stereocenters. The van der Waals surface area contributed by atoms with Crippen molar-refractivity contribution in [2.75, 3.05) is 11.1 Å². The van der Waals surface area contributed by atoms with Gasteiger partial charge in [0.1, 0.15) is 6.67 Å². The van der Waals surface area contributed by atoms with Gasteiger partial charge in [0.15, 0.2) is 0 Å². The number of aliphatic imine (C=N–C) groups is 1. The third-order valence-electron chi connectivity index (χ3n) is 1.54. The molecule has 0 saturated carbocycles. The van der Waals surface area contributed by atoms with Crippen LogP contribution in [0.25, 0.3) is 0 Å². The molecule has 2 nitrogen and oxygen atoms in total. The van der Waals surface area contributed by atoms with Crippen molar-refractivity contribution in [2.45, 2.75) is 6.92 Å². The molecule has 1 aliphatic heterocycles. The van der Waals surface area contributed by atoms with Gasteiger partial charge in [-0.1, -0.05) is 0 Å². The Morgan fingerprint density at radius 2 is 2.55 bits per heavy atom.